The Morgan fingerprint density at radius 3 is 2.55 bits per heavy atom. The van der Waals surface area contributed by atoms with Crippen molar-refractivity contribution >= 4 is 17.7 Å². The SMILES string of the molecule is CCc1c(C)nc(SCC(=O)N2[C@@H](C)CCC[C@@H]2C)[nH]c1=O. The number of H-pyrrole nitrogens is 1. The smallest absolute Gasteiger partial charge is 0.254 e. The van der Waals surface area contributed by atoms with Crippen molar-refractivity contribution in [2.24, 2.45) is 0 Å². The van der Waals surface area contributed by atoms with Gasteiger partial charge in [0, 0.05) is 23.3 Å². The molecule has 122 valence electrons. The second kappa shape index (κ2) is 7.31. The van der Waals surface area contributed by atoms with E-state index in [4.69, 9.17) is 0 Å². The van der Waals surface area contributed by atoms with Gasteiger partial charge in [0.2, 0.25) is 5.91 Å². The number of rotatable bonds is 4. The van der Waals surface area contributed by atoms with E-state index in [-0.39, 0.29) is 11.5 Å². The van der Waals surface area contributed by atoms with Crippen molar-refractivity contribution in [3.8, 4) is 0 Å². The highest BCUT2D eigenvalue weighted by atomic mass is 32.2. The van der Waals surface area contributed by atoms with E-state index in [1.807, 2.05) is 18.7 Å². The molecule has 1 aliphatic rings. The fraction of sp³-hybridized carbons (Fsp3) is 0.688. The van der Waals surface area contributed by atoms with Crippen LogP contribution in [0.4, 0.5) is 0 Å². The number of thioether (sulfide) groups is 1. The van der Waals surface area contributed by atoms with Gasteiger partial charge < -0.3 is 9.88 Å². The minimum atomic E-state index is -0.0929. The van der Waals surface area contributed by atoms with Gasteiger partial charge in [-0.1, -0.05) is 18.7 Å². The van der Waals surface area contributed by atoms with Crippen LogP contribution >= 0.6 is 11.8 Å². The van der Waals surface area contributed by atoms with Crippen LogP contribution in [0, 0.1) is 6.92 Å². The summed E-state index contributed by atoms with van der Waals surface area (Å²) in [7, 11) is 0. The van der Waals surface area contributed by atoms with E-state index in [0.29, 0.717) is 35.0 Å². The van der Waals surface area contributed by atoms with Crippen molar-refractivity contribution in [1.82, 2.24) is 14.9 Å². The molecule has 0 aliphatic carbocycles. The predicted octanol–water partition coefficient (Wildman–Crippen LogP) is 2.52. The molecule has 6 heteroatoms. The zero-order valence-corrected chi connectivity index (χ0v) is 14.6. The van der Waals surface area contributed by atoms with Crippen LogP contribution in [0.5, 0.6) is 0 Å². The van der Waals surface area contributed by atoms with Crippen molar-refractivity contribution in [2.45, 2.75) is 70.6 Å². The van der Waals surface area contributed by atoms with Gasteiger partial charge in [0.1, 0.15) is 0 Å². The Bertz CT molecular complexity index is 590. The van der Waals surface area contributed by atoms with Crippen LogP contribution < -0.4 is 5.56 Å². The molecule has 1 aromatic heterocycles. The van der Waals surface area contributed by atoms with E-state index in [0.717, 1.165) is 18.5 Å². The Kier molecular flexibility index (Phi) is 5.67. The van der Waals surface area contributed by atoms with E-state index in [1.165, 1.54) is 18.2 Å². The lowest BCUT2D eigenvalue weighted by Crippen LogP contribution is -2.48. The molecule has 1 aliphatic heterocycles. The fourth-order valence-electron chi connectivity index (χ4n) is 3.19. The lowest BCUT2D eigenvalue weighted by molar-refractivity contribution is -0.134. The Labute approximate surface area is 135 Å². The van der Waals surface area contributed by atoms with Gasteiger partial charge in [0.05, 0.1) is 5.75 Å². The summed E-state index contributed by atoms with van der Waals surface area (Å²) in [6.45, 7) is 8.00. The number of carbonyl (C=O) groups is 1. The topological polar surface area (TPSA) is 66.1 Å². The number of aryl methyl sites for hydroxylation is 1. The summed E-state index contributed by atoms with van der Waals surface area (Å²) in [5.74, 6) is 0.451. The second-order valence-electron chi connectivity index (χ2n) is 6.01. The van der Waals surface area contributed by atoms with Crippen LogP contribution in [-0.2, 0) is 11.2 Å². The maximum absolute atomic E-state index is 12.5. The highest BCUT2D eigenvalue weighted by molar-refractivity contribution is 7.99. The van der Waals surface area contributed by atoms with Crippen LogP contribution in [0.15, 0.2) is 9.95 Å². The molecule has 0 spiro atoms. The normalized spacial score (nSPS) is 21.9. The van der Waals surface area contributed by atoms with Gasteiger partial charge in [0.25, 0.3) is 5.56 Å². The first-order valence-corrected chi connectivity index (χ1v) is 8.96. The third-order valence-electron chi connectivity index (χ3n) is 4.37. The van der Waals surface area contributed by atoms with E-state index in [2.05, 4.69) is 23.8 Å². The first-order chi connectivity index (χ1) is 10.4. The van der Waals surface area contributed by atoms with E-state index >= 15 is 0 Å². The molecule has 1 aromatic rings. The van der Waals surface area contributed by atoms with Crippen LogP contribution in [0.2, 0.25) is 0 Å². The van der Waals surface area contributed by atoms with Crippen LogP contribution in [-0.4, -0.2) is 38.6 Å². The Hall–Kier alpha value is -1.30. The third kappa shape index (κ3) is 3.72. The standard InChI is InChI=1S/C16H25N3O2S/c1-5-13-12(4)17-16(18-15(13)21)22-9-14(20)19-10(2)7-6-8-11(19)3/h10-11H,5-9H2,1-4H3,(H,17,18,21)/t10-,11-/m0/s1. The first-order valence-electron chi connectivity index (χ1n) is 7.97. The third-order valence-corrected chi connectivity index (χ3v) is 5.23. The largest absolute Gasteiger partial charge is 0.337 e. The Morgan fingerprint density at radius 1 is 1.36 bits per heavy atom. The molecule has 0 saturated carbocycles. The molecule has 1 amide bonds. The summed E-state index contributed by atoms with van der Waals surface area (Å²) in [4.78, 5) is 33.6. The zero-order chi connectivity index (χ0) is 16.3. The molecular formula is C16H25N3O2S. The highest BCUT2D eigenvalue weighted by Gasteiger charge is 2.28. The zero-order valence-electron chi connectivity index (χ0n) is 13.8. The summed E-state index contributed by atoms with van der Waals surface area (Å²) in [6.07, 6.45) is 3.99. The number of nitrogens with zero attached hydrogens (tertiary/aromatic N) is 2. The Morgan fingerprint density at radius 2 is 2.00 bits per heavy atom. The van der Waals surface area contributed by atoms with Gasteiger partial charge in [-0.3, -0.25) is 9.59 Å². The summed E-state index contributed by atoms with van der Waals surface area (Å²) in [6, 6.07) is 0.598. The molecule has 0 unspecified atom stereocenters. The van der Waals surface area contributed by atoms with Crippen LogP contribution in [0.1, 0.15) is 51.3 Å². The van der Waals surface area contributed by atoms with Crippen LogP contribution in [0.3, 0.4) is 0 Å². The van der Waals surface area contributed by atoms with Crippen LogP contribution in [0.25, 0.3) is 0 Å². The quantitative estimate of drug-likeness (QED) is 0.683. The summed E-state index contributed by atoms with van der Waals surface area (Å²) in [5.41, 5.74) is 1.37. The molecule has 2 rings (SSSR count). The van der Waals surface area contributed by atoms with Crippen molar-refractivity contribution < 1.29 is 4.79 Å². The monoisotopic (exact) mass is 323 g/mol. The van der Waals surface area contributed by atoms with E-state index < -0.39 is 0 Å². The number of hydrogen-bond acceptors (Lipinski definition) is 4. The molecule has 1 fully saturated rings. The van der Waals surface area contributed by atoms with Crippen molar-refractivity contribution in [3.63, 3.8) is 0 Å². The number of piperidine rings is 1. The molecular weight excluding hydrogens is 298 g/mol. The second-order valence-corrected chi connectivity index (χ2v) is 6.97. The lowest BCUT2D eigenvalue weighted by Gasteiger charge is -2.39. The minimum Gasteiger partial charge on any atom is -0.337 e. The van der Waals surface area contributed by atoms with E-state index in [1.54, 1.807) is 0 Å². The number of aromatic amines is 1. The maximum Gasteiger partial charge on any atom is 0.254 e. The average molecular weight is 323 g/mol. The highest BCUT2D eigenvalue weighted by Crippen LogP contribution is 2.24. The lowest BCUT2D eigenvalue weighted by atomic mass is 9.98. The van der Waals surface area contributed by atoms with Gasteiger partial charge in [-0.2, -0.15) is 0 Å². The molecule has 2 heterocycles. The molecule has 1 saturated heterocycles. The van der Waals surface area contributed by atoms with Crippen molar-refractivity contribution in [2.75, 3.05) is 5.75 Å². The van der Waals surface area contributed by atoms with Gasteiger partial charge >= 0.3 is 0 Å². The van der Waals surface area contributed by atoms with Gasteiger partial charge in [-0.05, 0) is 46.5 Å². The fourth-order valence-corrected chi connectivity index (χ4v) is 3.96. The summed E-state index contributed by atoms with van der Waals surface area (Å²) < 4.78 is 0. The minimum absolute atomic E-state index is 0.0929. The number of aromatic nitrogens is 2. The number of nitrogens with one attached hydrogen (secondary N) is 1. The molecule has 0 bridgehead atoms. The molecule has 1 N–H and O–H groups in total. The molecule has 0 aromatic carbocycles. The number of carbonyl (C=O) groups excluding carboxylic acids is 1. The summed E-state index contributed by atoms with van der Waals surface area (Å²) >= 11 is 1.32. The van der Waals surface area contributed by atoms with Gasteiger partial charge in [-0.15, -0.1) is 0 Å². The van der Waals surface area contributed by atoms with Crippen molar-refractivity contribution in [3.05, 3.63) is 21.6 Å². The average Bonchev–Trinajstić information content (AvgIpc) is 2.44. The Balaban J connectivity index is 2.03. The maximum atomic E-state index is 12.5. The summed E-state index contributed by atoms with van der Waals surface area (Å²) in [5, 5.41) is 0.533. The number of hydrogen-bond donors (Lipinski definition) is 1. The van der Waals surface area contributed by atoms with E-state index in [9.17, 15) is 9.59 Å². The predicted molar refractivity (Wildman–Crippen MR) is 89.3 cm³/mol. The molecule has 5 nitrogen and oxygen atoms in total. The molecule has 2 atom stereocenters. The van der Waals surface area contributed by atoms with Crippen molar-refractivity contribution in [1.29, 1.82) is 0 Å². The molecule has 0 radical (unpaired) electrons. The van der Waals surface area contributed by atoms with Gasteiger partial charge in [0.15, 0.2) is 5.16 Å². The molecule has 22 heavy (non-hydrogen) atoms. The van der Waals surface area contributed by atoms with Gasteiger partial charge in [-0.25, -0.2) is 4.98 Å². The number of amides is 1. The number of likely N-dealkylation sites (tertiary alicyclic amines) is 1. The first kappa shape index (κ1) is 17.1.